The van der Waals surface area contributed by atoms with Gasteiger partial charge in [-0.05, 0) is 55.4 Å². The van der Waals surface area contributed by atoms with Crippen LogP contribution in [0.15, 0.2) is 78.4 Å². The summed E-state index contributed by atoms with van der Waals surface area (Å²) in [5.74, 6) is -5.32. The predicted octanol–water partition coefficient (Wildman–Crippen LogP) is 2.52. The van der Waals surface area contributed by atoms with Gasteiger partial charge >= 0.3 is 7.12 Å². The highest BCUT2D eigenvalue weighted by atomic mass is 16.5. The van der Waals surface area contributed by atoms with E-state index in [1.54, 1.807) is 49.4 Å². The average Bonchev–Trinajstić information content (AvgIpc) is 3.44. The number of rotatable bonds is 6. The maximum atomic E-state index is 14.6. The van der Waals surface area contributed by atoms with Crippen LogP contribution in [0.3, 0.4) is 0 Å². The number of allylic oxidation sites excluding steroid dienone is 2. The van der Waals surface area contributed by atoms with Gasteiger partial charge in [-0.2, -0.15) is 0 Å². The molecule has 2 aliphatic carbocycles. The Kier molecular flexibility index (Phi) is 7.25. The van der Waals surface area contributed by atoms with E-state index in [1.165, 1.54) is 43.4 Å². The summed E-state index contributed by atoms with van der Waals surface area (Å²) in [5, 5.41) is 31.0. The first kappa shape index (κ1) is 30.7. The second-order valence-corrected chi connectivity index (χ2v) is 12.7. The van der Waals surface area contributed by atoms with Crippen LogP contribution in [0.25, 0.3) is 0 Å². The molecule has 6 atom stereocenters. The molecule has 2 aliphatic heterocycles. The largest absolute Gasteiger partial charge is 0.507 e. The molecule has 3 N–H and O–H groups in total. The van der Waals surface area contributed by atoms with Crippen LogP contribution in [0.1, 0.15) is 31.2 Å². The molecule has 4 amide bonds. The second kappa shape index (κ2) is 11.1. The first-order valence-corrected chi connectivity index (χ1v) is 15.4. The number of benzene rings is 3. The van der Waals surface area contributed by atoms with Crippen molar-refractivity contribution in [3.63, 3.8) is 0 Å². The first-order valence-electron chi connectivity index (χ1n) is 15.4. The zero-order valence-corrected chi connectivity index (χ0v) is 26.0. The lowest BCUT2D eigenvalue weighted by atomic mass is 9.51. The molecule has 1 saturated carbocycles. The summed E-state index contributed by atoms with van der Waals surface area (Å²) < 4.78 is 11.1. The minimum atomic E-state index is -1.79. The number of phenolic OH excluding ortho intramolecular Hbond substituents is 1. The van der Waals surface area contributed by atoms with Crippen molar-refractivity contribution >= 4 is 47.6 Å². The molecule has 2 heterocycles. The number of ether oxygens (including phenoxy) is 2. The van der Waals surface area contributed by atoms with Gasteiger partial charge in [0.1, 0.15) is 17.2 Å². The zero-order chi connectivity index (χ0) is 33.4. The minimum Gasteiger partial charge on any atom is -0.507 e. The SMILES string of the molecule is COc1cc(O)c([C@H]2C3=CC[C@@H]4C(=O)N(c5cccc(B(O)O)c5)C(=O)[C@@H]4[C@@H]3C[C@H]3C(=O)N(c4ccccc4)C(=O)[C@@]23C)c(OC)c1. The van der Waals surface area contributed by atoms with Crippen molar-refractivity contribution in [1.82, 2.24) is 0 Å². The fraction of sp³-hybridized carbons (Fsp3) is 0.314. The molecule has 4 aliphatic rings. The van der Waals surface area contributed by atoms with Crippen LogP contribution in [0.5, 0.6) is 17.2 Å². The van der Waals surface area contributed by atoms with Gasteiger partial charge in [-0.15, -0.1) is 0 Å². The first-order chi connectivity index (χ1) is 22.5. The number of carbonyl (C=O) groups is 4. The van der Waals surface area contributed by atoms with Gasteiger partial charge in [-0.25, -0.2) is 4.90 Å². The van der Waals surface area contributed by atoms with Gasteiger partial charge in [0.2, 0.25) is 23.6 Å². The number of nitrogens with zero attached hydrogens (tertiary/aromatic N) is 2. The highest BCUT2D eigenvalue weighted by molar-refractivity contribution is 6.58. The Bertz CT molecular complexity index is 1860. The molecule has 0 bridgehead atoms. The third kappa shape index (κ3) is 4.35. The van der Waals surface area contributed by atoms with E-state index in [4.69, 9.17) is 9.47 Å². The maximum Gasteiger partial charge on any atom is 0.488 e. The van der Waals surface area contributed by atoms with Gasteiger partial charge in [0, 0.05) is 23.6 Å². The highest BCUT2D eigenvalue weighted by Gasteiger charge is 2.68. The van der Waals surface area contributed by atoms with Crippen molar-refractivity contribution in [3.05, 3.63) is 83.9 Å². The lowest BCUT2D eigenvalue weighted by Crippen LogP contribution is -2.49. The van der Waals surface area contributed by atoms with Crippen molar-refractivity contribution in [1.29, 1.82) is 0 Å². The number of phenols is 1. The monoisotopic (exact) mass is 636 g/mol. The fourth-order valence-corrected chi connectivity index (χ4v) is 8.39. The van der Waals surface area contributed by atoms with E-state index in [9.17, 15) is 34.3 Å². The number of imide groups is 2. The molecule has 3 aromatic carbocycles. The predicted molar refractivity (Wildman–Crippen MR) is 171 cm³/mol. The molecule has 11 nitrogen and oxygen atoms in total. The zero-order valence-electron chi connectivity index (χ0n) is 26.0. The number of methoxy groups -OCH3 is 2. The normalized spacial score (nSPS) is 28.1. The number of fused-ring (bicyclic) bond motifs is 4. The molecule has 2 saturated heterocycles. The molecule has 0 radical (unpaired) electrons. The lowest BCUT2D eigenvalue weighted by molar-refractivity contribution is -0.131. The van der Waals surface area contributed by atoms with Gasteiger partial charge < -0.3 is 24.6 Å². The van der Waals surface area contributed by atoms with E-state index in [0.717, 1.165) is 4.90 Å². The average molecular weight is 636 g/mol. The summed E-state index contributed by atoms with van der Waals surface area (Å²) in [5.41, 5.74) is 0.367. The van der Waals surface area contributed by atoms with Gasteiger partial charge in [0.05, 0.1) is 48.8 Å². The van der Waals surface area contributed by atoms with E-state index in [1.807, 2.05) is 6.08 Å². The molecule has 0 unspecified atom stereocenters. The smallest absolute Gasteiger partial charge is 0.488 e. The molecular weight excluding hydrogens is 603 g/mol. The van der Waals surface area contributed by atoms with Crippen LogP contribution in [-0.2, 0) is 19.2 Å². The van der Waals surface area contributed by atoms with Crippen LogP contribution in [-0.4, -0.2) is 60.1 Å². The summed E-state index contributed by atoms with van der Waals surface area (Å²) >= 11 is 0. The summed E-state index contributed by atoms with van der Waals surface area (Å²) in [6, 6.07) is 17.7. The third-order valence-corrected chi connectivity index (χ3v) is 10.6. The molecule has 7 rings (SSSR count). The quantitative estimate of drug-likeness (QED) is 0.211. The molecule has 3 aromatic rings. The van der Waals surface area contributed by atoms with E-state index in [-0.39, 0.29) is 35.5 Å². The van der Waals surface area contributed by atoms with Crippen molar-refractivity contribution in [2.24, 2.45) is 29.1 Å². The topological polar surface area (TPSA) is 154 Å². The van der Waals surface area contributed by atoms with Crippen molar-refractivity contribution in [2.75, 3.05) is 24.0 Å². The van der Waals surface area contributed by atoms with Gasteiger partial charge in [0.25, 0.3) is 0 Å². The molecule has 0 spiro atoms. The number of para-hydroxylation sites is 1. The van der Waals surface area contributed by atoms with Crippen LogP contribution in [0, 0.1) is 29.1 Å². The number of amides is 4. The fourth-order valence-electron chi connectivity index (χ4n) is 8.39. The molecule has 0 aromatic heterocycles. The number of anilines is 2. The number of aromatic hydroxyl groups is 1. The number of hydrogen-bond acceptors (Lipinski definition) is 9. The standard InChI is InChI=1S/C35H33BN2O9/c1-35-25(32(41)38(34(35)43)19-9-5-4-6-10-19)17-24-22(30(35)29-26(39)15-21(46-2)16-27(29)47-3)12-13-23-28(24)33(42)37(31(23)40)20-11-7-8-18(14-20)36(44)45/h4-12,14-16,23-25,28,30,39,44-45H,13,17H2,1-3H3/t23-,24+,25-,28-,30+,35+/m0/s1. The van der Waals surface area contributed by atoms with Crippen LogP contribution >= 0.6 is 0 Å². The Morgan fingerprint density at radius 3 is 2.23 bits per heavy atom. The van der Waals surface area contributed by atoms with E-state index in [2.05, 4.69) is 0 Å². The summed E-state index contributed by atoms with van der Waals surface area (Å²) in [6.07, 6.45) is 2.21. The summed E-state index contributed by atoms with van der Waals surface area (Å²) in [7, 11) is 1.10. The Morgan fingerprint density at radius 1 is 0.830 bits per heavy atom. The molecular formula is C35H33BN2O9. The summed E-state index contributed by atoms with van der Waals surface area (Å²) in [4.78, 5) is 59.4. The van der Waals surface area contributed by atoms with Crippen LogP contribution in [0.2, 0.25) is 0 Å². The number of carbonyl (C=O) groups excluding carboxylic acids is 4. The lowest BCUT2D eigenvalue weighted by Gasteiger charge is -2.49. The Hall–Kier alpha value is -4.94. The Labute approximate surface area is 271 Å². The van der Waals surface area contributed by atoms with Gasteiger partial charge in [-0.3, -0.25) is 24.1 Å². The van der Waals surface area contributed by atoms with E-state index >= 15 is 0 Å². The Balaban J connectivity index is 1.39. The second-order valence-electron chi connectivity index (χ2n) is 12.7. The molecule has 240 valence electrons. The molecule has 12 heteroatoms. The van der Waals surface area contributed by atoms with E-state index < -0.39 is 65.8 Å². The van der Waals surface area contributed by atoms with E-state index in [0.29, 0.717) is 22.6 Å². The van der Waals surface area contributed by atoms with Gasteiger partial charge in [-0.1, -0.05) is 42.0 Å². The van der Waals surface area contributed by atoms with Crippen molar-refractivity contribution in [2.45, 2.75) is 25.7 Å². The Morgan fingerprint density at radius 2 is 1.55 bits per heavy atom. The molecule has 3 fully saturated rings. The maximum absolute atomic E-state index is 14.6. The third-order valence-electron chi connectivity index (χ3n) is 10.6. The van der Waals surface area contributed by atoms with Crippen molar-refractivity contribution in [3.8, 4) is 17.2 Å². The van der Waals surface area contributed by atoms with Crippen LogP contribution < -0.4 is 24.7 Å². The van der Waals surface area contributed by atoms with Crippen molar-refractivity contribution < 1.29 is 43.8 Å². The number of hydrogen-bond donors (Lipinski definition) is 3. The summed E-state index contributed by atoms with van der Waals surface area (Å²) in [6.45, 7) is 1.73. The van der Waals surface area contributed by atoms with Gasteiger partial charge in [0.15, 0.2) is 0 Å². The molecule has 47 heavy (non-hydrogen) atoms. The van der Waals surface area contributed by atoms with Crippen LogP contribution in [0.4, 0.5) is 11.4 Å². The minimum absolute atomic E-state index is 0.128. The highest BCUT2D eigenvalue weighted by Crippen LogP contribution is 2.65.